The second kappa shape index (κ2) is 11.1. The van der Waals surface area contributed by atoms with Crippen molar-refractivity contribution < 1.29 is 28.8 Å². The van der Waals surface area contributed by atoms with E-state index >= 15 is 0 Å². The van der Waals surface area contributed by atoms with Gasteiger partial charge in [-0.05, 0) is 36.8 Å². The Morgan fingerprint density at radius 3 is 2.44 bits per heavy atom. The van der Waals surface area contributed by atoms with Gasteiger partial charge in [0.05, 0.1) is 13.1 Å². The molecule has 5 heterocycles. The molecule has 1 spiro atoms. The minimum Gasteiger partial charge on any atom is -0.483 e. The van der Waals surface area contributed by atoms with Crippen molar-refractivity contribution in [1.29, 1.82) is 0 Å². The summed E-state index contributed by atoms with van der Waals surface area (Å²) in [6.45, 7) is 5.96. The Labute approximate surface area is 226 Å². The Balaban J connectivity index is 0.000000983. The summed E-state index contributed by atoms with van der Waals surface area (Å²) in [5, 5.41) is 11.2. The van der Waals surface area contributed by atoms with Crippen LogP contribution >= 0.6 is 0 Å². The summed E-state index contributed by atoms with van der Waals surface area (Å²) < 4.78 is 5.60. The molecule has 3 aliphatic heterocycles. The highest BCUT2D eigenvalue weighted by Gasteiger charge is 2.56. The molecule has 12 nitrogen and oxygen atoms in total. The topological polar surface area (TPSA) is 140 Å². The van der Waals surface area contributed by atoms with Crippen molar-refractivity contribution in [3.63, 3.8) is 0 Å². The van der Waals surface area contributed by atoms with E-state index in [0.29, 0.717) is 58.8 Å². The molecule has 3 fully saturated rings. The minimum absolute atomic E-state index is 0.0218. The maximum atomic E-state index is 13.8. The Hall–Kier alpha value is -3.80. The second-order valence-corrected chi connectivity index (χ2v) is 10.8. The standard InChI is InChI=1S/C26H32N6O4.CH2O2/c1-18(33)30-12-10-29(11-13-30)16-23(34)32-17-26(5-6-26)14-21(32)25(35)31-9-4-22-20(15-31)24(28-36-22)19-2-7-27-8-3-19;2-1-3/h2-3,7-8,21H,4-6,9-17H2,1H3;1H,(H,2,3)/t21-;/m1./s1. The molecule has 6 rings (SSSR count). The van der Waals surface area contributed by atoms with E-state index in [1.807, 2.05) is 26.8 Å². The molecule has 12 heteroatoms. The van der Waals surface area contributed by atoms with Crippen LogP contribution < -0.4 is 0 Å². The molecule has 3 amide bonds. The van der Waals surface area contributed by atoms with E-state index in [9.17, 15) is 14.4 Å². The molecule has 39 heavy (non-hydrogen) atoms. The van der Waals surface area contributed by atoms with E-state index in [2.05, 4.69) is 15.0 Å². The van der Waals surface area contributed by atoms with Gasteiger partial charge in [0, 0.05) is 76.1 Å². The summed E-state index contributed by atoms with van der Waals surface area (Å²) in [6.07, 6.45) is 6.98. The zero-order valence-corrected chi connectivity index (χ0v) is 22.1. The summed E-state index contributed by atoms with van der Waals surface area (Å²) in [5.41, 5.74) is 2.74. The van der Waals surface area contributed by atoms with Crippen LogP contribution in [0.3, 0.4) is 0 Å². The van der Waals surface area contributed by atoms with Crippen molar-refractivity contribution in [2.75, 3.05) is 45.8 Å². The zero-order chi connectivity index (χ0) is 27.6. The second-order valence-electron chi connectivity index (χ2n) is 10.8. The van der Waals surface area contributed by atoms with E-state index in [1.165, 1.54) is 0 Å². The lowest BCUT2D eigenvalue weighted by atomic mass is 9.99. The monoisotopic (exact) mass is 538 g/mol. The molecule has 1 saturated carbocycles. The molecule has 0 radical (unpaired) electrons. The fraction of sp³-hybridized carbons (Fsp3) is 0.556. The van der Waals surface area contributed by atoms with Gasteiger partial charge in [-0.15, -0.1) is 0 Å². The smallest absolute Gasteiger partial charge is 0.290 e. The molecule has 2 aromatic rings. The first-order valence-corrected chi connectivity index (χ1v) is 13.4. The van der Waals surface area contributed by atoms with Crippen LogP contribution in [0.25, 0.3) is 11.3 Å². The van der Waals surface area contributed by atoms with Crippen molar-refractivity contribution in [3.05, 3.63) is 35.9 Å². The van der Waals surface area contributed by atoms with Gasteiger partial charge in [-0.1, -0.05) is 5.16 Å². The lowest BCUT2D eigenvalue weighted by Crippen LogP contribution is -2.54. The predicted octanol–water partition coefficient (Wildman–Crippen LogP) is 0.867. The van der Waals surface area contributed by atoms with E-state index in [1.54, 1.807) is 19.3 Å². The van der Waals surface area contributed by atoms with Crippen molar-refractivity contribution in [2.45, 2.75) is 45.2 Å². The molecule has 0 bridgehead atoms. The van der Waals surface area contributed by atoms with Gasteiger partial charge in [-0.25, -0.2) is 0 Å². The molecule has 208 valence electrons. The van der Waals surface area contributed by atoms with Crippen LogP contribution in [0.15, 0.2) is 29.0 Å². The Kier molecular flexibility index (Phi) is 7.65. The zero-order valence-electron chi connectivity index (χ0n) is 22.1. The number of aromatic nitrogens is 2. The third-order valence-corrected chi connectivity index (χ3v) is 8.34. The van der Waals surface area contributed by atoms with E-state index in [4.69, 9.17) is 14.4 Å². The van der Waals surface area contributed by atoms with Gasteiger partial charge in [0.1, 0.15) is 17.5 Å². The number of rotatable bonds is 4. The van der Waals surface area contributed by atoms with Crippen molar-refractivity contribution in [3.8, 4) is 11.3 Å². The number of fused-ring (bicyclic) bond motifs is 1. The number of piperazine rings is 1. The molecule has 2 aromatic heterocycles. The van der Waals surface area contributed by atoms with Crippen LogP contribution in [-0.4, -0.2) is 111 Å². The van der Waals surface area contributed by atoms with Crippen LogP contribution in [0.4, 0.5) is 0 Å². The lowest BCUT2D eigenvalue weighted by Gasteiger charge is -2.36. The highest BCUT2D eigenvalue weighted by molar-refractivity contribution is 5.89. The number of pyridine rings is 1. The van der Waals surface area contributed by atoms with Gasteiger partial charge in [0.15, 0.2) is 0 Å². The maximum Gasteiger partial charge on any atom is 0.290 e. The number of carbonyl (C=O) groups excluding carboxylic acids is 3. The summed E-state index contributed by atoms with van der Waals surface area (Å²) >= 11 is 0. The van der Waals surface area contributed by atoms with E-state index < -0.39 is 6.04 Å². The highest BCUT2D eigenvalue weighted by atomic mass is 16.5. The SMILES string of the molecule is CC(=O)N1CCN(CC(=O)N2CC3(CC3)C[C@@H]2C(=O)N2CCc3onc(-c4ccncc4)c3C2)CC1.O=CO. The Bertz CT molecular complexity index is 1220. The van der Waals surface area contributed by atoms with Gasteiger partial charge in [0.2, 0.25) is 17.7 Å². The van der Waals surface area contributed by atoms with Gasteiger partial charge < -0.3 is 24.3 Å². The molecular formula is C27H34N6O6. The summed E-state index contributed by atoms with van der Waals surface area (Å²) in [5.74, 6) is 0.953. The van der Waals surface area contributed by atoms with Crippen LogP contribution in [0.5, 0.6) is 0 Å². The first-order valence-electron chi connectivity index (χ1n) is 13.4. The van der Waals surface area contributed by atoms with Crippen LogP contribution in [0, 0.1) is 5.41 Å². The number of amides is 3. The van der Waals surface area contributed by atoms with Crippen LogP contribution in [0.2, 0.25) is 0 Å². The lowest BCUT2D eigenvalue weighted by molar-refractivity contribution is -0.145. The predicted molar refractivity (Wildman–Crippen MR) is 138 cm³/mol. The third-order valence-electron chi connectivity index (χ3n) is 8.34. The average Bonchev–Trinajstić information content (AvgIpc) is 3.39. The summed E-state index contributed by atoms with van der Waals surface area (Å²) in [4.78, 5) is 59.0. The molecule has 1 aliphatic carbocycles. The number of carboxylic acid groups (broad SMARTS) is 1. The first-order chi connectivity index (χ1) is 18.8. The quantitative estimate of drug-likeness (QED) is 0.562. The van der Waals surface area contributed by atoms with Crippen molar-refractivity contribution in [1.82, 2.24) is 29.7 Å². The maximum absolute atomic E-state index is 13.8. The fourth-order valence-electron chi connectivity index (χ4n) is 5.93. The summed E-state index contributed by atoms with van der Waals surface area (Å²) in [6, 6.07) is 3.37. The average molecular weight is 539 g/mol. The van der Waals surface area contributed by atoms with Gasteiger partial charge in [0.25, 0.3) is 6.47 Å². The molecular weight excluding hydrogens is 504 g/mol. The molecule has 4 aliphatic rings. The van der Waals surface area contributed by atoms with Gasteiger partial charge in [-0.2, -0.15) is 0 Å². The highest BCUT2D eigenvalue weighted by Crippen LogP contribution is 2.55. The Morgan fingerprint density at radius 1 is 1.10 bits per heavy atom. The van der Waals surface area contributed by atoms with Crippen molar-refractivity contribution in [2.24, 2.45) is 5.41 Å². The van der Waals surface area contributed by atoms with Crippen molar-refractivity contribution >= 4 is 24.2 Å². The minimum atomic E-state index is -0.413. The molecule has 0 aromatic carbocycles. The molecule has 2 saturated heterocycles. The van der Waals surface area contributed by atoms with Gasteiger partial charge in [-0.3, -0.25) is 29.1 Å². The van der Waals surface area contributed by atoms with Gasteiger partial charge >= 0.3 is 0 Å². The first kappa shape index (κ1) is 26.8. The number of nitrogens with zero attached hydrogens (tertiary/aromatic N) is 6. The number of hydrogen-bond acceptors (Lipinski definition) is 8. The number of hydrogen-bond donors (Lipinski definition) is 1. The van der Waals surface area contributed by atoms with Crippen LogP contribution in [0.1, 0.15) is 37.5 Å². The molecule has 1 atom stereocenters. The molecule has 1 N–H and O–H groups in total. The van der Waals surface area contributed by atoms with E-state index in [-0.39, 0.29) is 29.6 Å². The fourth-order valence-corrected chi connectivity index (χ4v) is 5.93. The third kappa shape index (κ3) is 5.65. The largest absolute Gasteiger partial charge is 0.483 e. The van der Waals surface area contributed by atoms with Crippen LogP contribution in [-0.2, 0) is 32.1 Å². The number of carbonyl (C=O) groups is 4. The Morgan fingerprint density at radius 2 is 1.79 bits per heavy atom. The normalized spacial score (nSPS) is 21.7. The number of likely N-dealkylation sites (tertiary alicyclic amines) is 1. The summed E-state index contributed by atoms with van der Waals surface area (Å²) in [7, 11) is 0. The van der Waals surface area contributed by atoms with E-state index in [0.717, 1.165) is 41.8 Å². The molecule has 0 unspecified atom stereocenters.